The van der Waals surface area contributed by atoms with E-state index in [-0.39, 0.29) is 11.8 Å². The first-order valence-corrected chi connectivity index (χ1v) is 9.08. The molecule has 2 amide bonds. The van der Waals surface area contributed by atoms with Crippen molar-refractivity contribution in [2.24, 2.45) is 5.73 Å². The van der Waals surface area contributed by atoms with E-state index in [2.05, 4.69) is 17.6 Å². The quantitative estimate of drug-likeness (QED) is 0.679. The molecule has 2 aromatic carbocycles. The molecule has 1 aliphatic rings. The highest BCUT2D eigenvalue weighted by Gasteiger charge is 2.40. The maximum atomic E-state index is 12.6. The summed E-state index contributed by atoms with van der Waals surface area (Å²) in [6.07, 6.45) is 0.698. The van der Waals surface area contributed by atoms with E-state index < -0.39 is 5.41 Å². The summed E-state index contributed by atoms with van der Waals surface area (Å²) in [6.45, 7) is 3.48. The highest BCUT2D eigenvalue weighted by Crippen LogP contribution is 2.45. The van der Waals surface area contributed by atoms with Gasteiger partial charge < -0.3 is 21.1 Å². The van der Waals surface area contributed by atoms with E-state index in [1.165, 1.54) is 0 Å². The number of hydrogen-bond donors (Lipinski definition) is 3. The van der Waals surface area contributed by atoms with Gasteiger partial charge >= 0.3 is 0 Å². The summed E-state index contributed by atoms with van der Waals surface area (Å²) >= 11 is 0. The second-order valence-electron chi connectivity index (χ2n) is 6.86. The molecule has 0 aliphatic carbocycles. The van der Waals surface area contributed by atoms with Gasteiger partial charge in [-0.2, -0.15) is 0 Å². The molecule has 1 atom stereocenters. The van der Waals surface area contributed by atoms with Gasteiger partial charge in [-0.15, -0.1) is 0 Å². The Morgan fingerprint density at radius 3 is 2.59 bits per heavy atom. The van der Waals surface area contributed by atoms with Gasteiger partial charge in [0.2, 0.25) is 0 Å². The van der Waals surface area contributed by atoms with Crippen molar-refractivity contribution in [3.8, 4) is 5.75 Å². The molecule has 6 nitrogen and oxygen atoms in total. The Morgan fingerprint density at radius 1 is 1.19 bits per heavy atom. The smallest absolute Gasteiger partial charge is 0.254 e. The topological polar surface area (TPSA) is 93.5 Å². The first-order chi connectivity index (χ1) is 13.0. The van der Waals surface area contributed by atoms with Crippen molar-refractivity contribution in [1.82, 2.24) is 10.6 Å². The zero-order valence-electron chi connectivity index (χ0n) is 15.7. The lowest BCUT2D eigenvalue weighted by atomic mass is 9.77. The minimum atomic E-state index is -0.438. The number of carbonyl (C=O) groups excluding carboxylic acids is 2. The predicted molar refractivity (Wildman–Crippen MR) is 104 cm³/mol. The van der Waals surface area contributed by atoms with Crippen molar-refractivity contribution in [2.45, 2.75) is 18.8 Å². The fourth-order valence-electron chi connectivity index (χ4n) is 3.37. The Labute approximate surface area is 159 Å². The number of rotatable bonds is 6. The van der Waals surface area contributed by atoms with Gasteiger partial charge in [0.25, 0.3) is 11.8 Å². The number of nitrogens with two attached hydrogens (primary N) is 1. The Morgan fingerprint density at radius 2 is 1.93 bits per heavy atom. The van der Waals surface area contributed by atoms with E-state index in [4.69, 9.17) is 10.5 Å². The van der Waals surface area contributed by atoms with Crippen LogP contribution in [0.4, 0.5) is 0 Å². The lowest BCUT2D eigenvalue weighted by molar-refractivity contribution is 0.0953. The second-order valence-corrected chi connectivity index (χ2v) is 6.86. The van der Waals surface area contributed by atoms with Crippen molar-refractivity contribution in [2.75, 3.05) is 26.7 Å². The second kappa shape index (κ2) is 7.80. The third kappa shape index (κ3) is 3.53. The van der Waals surface area contributed by atoms with Crippen molar-refractivity contribution in [1.29, 1.82) is 0 Å². The number of hydrogen-bond acceptors (Lipinski definition) is 4. The fourth-order valence-corrected chi connectivity index (χ4v) is 3.37. The van der Waals surface area contributed by atoms with Crippen LogP contribution >= 0.6 is 0 Å². The molecular formula is C21H25N3O3. The van der Waals surface area contributed by atoms with Gasteiger partial charge in [-0.25, -0.2) is 0 Å². The standard InChI is InChI=1S/C21H25N3O3/c1-21(15-7-4-3-5-8-15)13-27-18-16(20(26)23-2)11-14(12-17(18)21)19(25)24-10-6-9-22/h3-5,7-8,11-12H,6,9-10,13,22H2,1-2H3,(H,23,26)(H,24,25)/t21-/m1/s1. The van der Waals surface area contributed by atoms with Crippen LogP contribution in [0.3, 0.4) is 0 Å². The molecule has 1 heterocycles. The van der Waals surface area contributed by atoms with Gasteiger partial charge in [0, 0.05) is 24.7 Å². The zero-order chi connectivity index (χ0) is 19.4. The van der Waals surface area contributed by atoms with E-state index in [0.717, 1.165) is 11.1 Å². The van der Waals surface area contributed by atoms with E-state index in [9.17, 15) is 9.59 Å². The van der Waals surface area contributed by atoms with E-state index >= 15 is 0 Å². The minimum Gasteiger partial charge on any atom is -0.491 e. The average molecular weight is 367 g/mol. The van der Waals surface area contributed by atoms with Crippen molar-refractivity contribution in [3.63, 3.8) is 0 Å². The van der Waals surface area contributed by atoms with Crippen molar-refractivity contribution >= 4 is 11.8 Å². The molecule has 0 fully saturated rings. The molecule has 0 unspecified atom stereocenters. The van der Waals surface area contributed by atoms with Crippen LogP contribution in [0.5, 0.6) is 5.75 Å². The molecule has 6 heteroatoms. The Bertz CT molecular complexity index is 851. The summed E-state index contributed by atoms with van der Waals surface area (Å²) in [6, 6.07) is 13.4. The SMILES string of the molecule is CNC(=O)c1cc(C(=O)NCCCN)cc2c1OC[C@]2(C)c1ccccc1. The van der Waals surface area contributed by atoms with Crippen LogP contribution in [-0.4, -0.2) is 38.6 Å². The first kappa shape index (κ1) is 18.9. The van der Waals surface area contributed by atoms with Crippen molar-refractivity contribution < 1.29 is 14.3 Å². The molecule has 0 spiro atoms. The van der Waals surface area contributed by atoms with E-state index in [1.807, 2.05) is 36.4 Å². The molecule has 3 rings (SSSR count). The third-order valence-corrected chi connectivity index (χ3v) is 5.00. The number of ether oxygens (including phenoxy) is 1. The summed E-state index contributed by atoms with van der Waals surface area (Å²) in [5.74, 6) is 0.0399. The van der Waals surface area contributed by atoms with Gasteiger partial charge in [0.1, 0.15) is 12.4 Å². The molecule has 142 valence electrons. The van der Waals surface area contributed by atoms with Crippen LogP contribution in [0.15, 0.2) is 42.5 Å². The van der Waals surface area contributed by atoms with Gasteiger partial charge in [-0.05, 0) is 37.6 Å². The van der Waals surface area contributed by atoms with Crippen LogP contribution in [0.25, 0.3) is 0 Å². The molecular weight excluding hydrogens is 342 g/mol. The van der Waals surface area contributed by atoms with E-state index in [1.54, 1.807) is 13.1 Å². The number of fused-ring (bicyclic) bond motifs is 1. The predicted octanol–water partition coefficient (Wildman–Crippen LogP) is 1.82. The molecule has 0 saturated heterocycles. The minimum absolute atomic E-state index is 0.223. The molecule has 0 saturated carbocycles. The molecule has 1 aliphatic heterocycles. The number of carbonyl (C=O) groups is 2. The Hall–Kier alpha value is -2.86. The maximum Gasteiger partial charge on any atom is 0.254 e. The summed E-state index contributed by atoms with van der Waals surface area (Å²) in [7, 11) is 1.56. The largest absolute Gasteiger partial charge is 0.491 e. The highest BCUT2D eigenvalue weighted by atomic mass is 16.5. The van der Waals surface area contributed by atoms with Crippen molar-refractivity contribution in [3.05, 3.63) is 64.7 Å². The summed E-state index contributed by atoms with van der Waals surface area (Å²) in [5.41, 5.74) is 7.79. The van der Waals surface area contributed by atoms with Gasteiger partial charge in [-0.3, -0.25) is 9.59 Å². The first-order valence-electron chi connectivity index (χ1n) is 9.08. The Kier molecular flexibility index (Phi) is 5.46. The van der Waals surface area contributed by atoms with Crippen LogP contribution in [-0.2, 0) is 5.41 Å². The summed E-state index contributed by atoms with van der Waals surface area (Å²) < 4.78 is 5.95. The third-order valence-electron chi connectivity index (χ3n) is 5.00. The lowest BCUT2D eigenvalue weighted by Crippen LogP contribution is -2.28. The summed E-state index contributed by atoms with van der Waals surface area (Å²) in [5, 5.41) is 5.48. The highest BCUT2D eigenvalue weighted by molar-refractivity contribution is 6.02. The normalized spacial score (nSPS) is 17.7. The number of amides is 2. The molecule has 0 bridgehead atoms. The van der Waals surface area contributed by atoms with Crippen LogP contribution in [0, 0.1) is 0 Å². The monoisotopic (exact) mass is 367 g/mol. The van der Waals surface area contributed by atoms with E-state index in [0.29, 0.717) is 43.0 Å². The number of benzene rings is 2. The number of nitrogens with one attached hydrogen (secondary N) is 2. The van der Waals surface area contributed by atoms with Gasteiger partial charge in [-0.1, -0.05) is 30.3 Å². The molecule has 0 radical (unpaired) electrons. The Balaban J connectivity index is 2.08. The van der Waals surface area contributed by atoms with Crippen LogP contribution in [0.1, 0.15) is 45.2 Å². The van der Waals surface area contributed by atoms with Gasteiger partial charge in [0.05, 0.1) is 11.0 Å². The lowest BCUT2D eigenvalue weighted by Gasteiger charge is -2.24. The van der Waals surface area contributed by atoms with Crippen LogP contribution < -0.4 is 21.1 Å². The average Bonchev–Trinajstić information content (AvgIpc) is 3.05. The summed E-state index contributed by atoms with van der Waals surface area (Å²) in [4.78, 5) is 25.0. The molecule has 2 aromatic rings. The maximum absolute atomic E-state index is 12.6. The van der Waals surface area contributed by atoms with Crippen LogP contribution in [0.2, 0.25) is 0 Å². The molecule has 4 N–H and O–H groups in total. The zero-order valence-corrected chi connectivity index (χ0v) is 15.7. The fraction of sp³-hybridized carbons (Fsp3) is 0.333. The molecule has 27 heavy (non-hydrogen) atoms. The van der Waals surface area contributed by atoms with Gasteiger partial charge in [0.15, 0.2) is 0 Å². The molecule has 0 aromatic heterocycles.